The van der Waals surface area contributed by atoms with Gasteiger partial charge in [-0.1, -0.05) is 24.3 Å². The predicted octanol–water partition coefficient (Wildman–Crippen LogP) is 1.52. The Morgan fingerprint density at radius 1 is 1.23 bits per heavy atom. The van der Waals surface area contributed by atoms with E-state index >= 15 is 0 Å². The van der Waals surface area contributed by atoms with E-state index in [1.807, 2.05) is 24.3 Å². The molecule has 2 rings (SSSR count). The summed E-state index contributed by atoms with van der Waals surface area (Å²) in [5.74, 6) is -0.163. The van der Waals surface area contributed by atoms with E-state index in [1.165, 1.54) is 6.33 Å². The Labute approximate surface area is 142 Å². The van der Waals surface area contributed by atoms with Crippen LogP contribution in [-0.2, 0) is 17.9 Å². The third-order valence-corrected chi connectivity index (χ3v) is 2.87. The van der Waals surface area contributed by atoms with Crippen LogP contribution in [0.15, 0.2) is 36.9 Å². The Kier molecular flexibility index (Phi) is 8.08. The first kappa shape index (κ1) is 20.4. The van der Waals surface area contributed by atoms with Crippen LogP contribution in [0.3, 0.4) is 0 Å². The Bertz CT molecular complexity index is 564. The minimum Gasteiger partial charge on any atom is -0.350 e. The molecule has 1 amide bonds. The van der Waals surface area contributed by atoms with Crippen LogP contribution in [0.2, 0.25) is 0 Å². The standard InChI is InChI=1S/C14H19N5O.2ClH/c1-14(2,15)13(20)17-7-11-3-5-12(6-4-11)8-19-10-16-9-18-19;;/h3-6,9-10H,7-8,15H2,1-2H3,(H,17,20);2*1H. The van der Waals surface area contributed by atoms with E-state index in [0.717, 1.165) is 11.1 Å². The highest BCUT2D eigenvalue weighted by molar-refractivity contribution is 5.85. The van der Waals surface area contributed by atoms with Gasteiger partial charge in [-0.25, -0.2) is 9.67 Å². The van der Waals surface area contributed by atoms with Gasteiger partial charge in [0.25, 0.3) is 0 Å². The fraction of sp³-hybridized carbons (Fsp3) is 0.357. The van der Waals surface area contributed by atoms with E-state index in [2.05, 4.69) is 15.4 Å². The molecule has 6 nitrogen and oxygen atoms in total. The predicted molar refractivity (Wildman–Crippen MR) is 90.2 cm³/mol. The first-order valence-corrected chi connectivity index (χ1v) is 6.42. The van der Waals surface area contributed by atoms with Crippen LogP contribution in [0.25, 0.3) is 0 Å². The highest BCUT2D eigenvalue weighted by Gasteiger charge is 2.20. The zero-order valence-electron chi connectivity index (χ0n) is 12.5. The number of carbonyl (C=O) groups excluding carboxylic acids is 1. The molecule has 0 radical (unpaired) electrons. The summed E-state index contributed by atoms with van der Waals surface area (Å²) in [6.45, 7) is 4.53. The minimum absolute atomic E-state index is 0. The molecule has 1 heterocycles. The summed E-state index contributed by atoms with van der Waals surface area (Å²) < 4.78 is 1.76. The second kappa shape index (κ2) is 8.73. The van der Waals surface area contributed by atoms with E-state index in [1.54, 1.807) is 24.9 Å². The molecule has 0 unspecified atom stereocenters. The molecule has 22 heavy (non-hydrogen) atoms. The number of benzene rings is 1. The number of aromatic nitrogens is 3. The highest BCUT2D eigenvalue weighted by Crippen LogP contribution is 2.06. The van der Waals surface area contributed by atoms with Gasteiger partial charge in [0, 0.05) is 6.54 Å². The monoisotopic (exact) mass is 345 g/mol. The van der Waals surface area contributed by atoms with Gasteiger partial charge in [-0.15, -0.1) is 24.8 Å². The number of nitrogens with one attached hydrogen (secondary N) is 1. The maximum atomic E-state index is 11.7. The second-order valence-electron chi connectivity index (χ2n) is 5.31. The number of nitrogens with two attached hydrogens (primary N) is 1. The maximum Gasteiger partial charge on any atom is 0.239 e. The largest absolute Gasteiger partial charge is 0.350 e. The van der Waals surface area contributed by atoms with E-state index in [9.17, 15) is 4.79 Å². The molecular formula is C14H21Cl2N5O. The molecule has 1 aromatic heterocycles. The van der Waals surface area contributed by atoms with Gasteiger partial charge in [-0.05, 0) is 25.0 Å². The average molecular weight is 346 g/mol. The number of hydrogen-bond acceptors (Lipinski definition) is 4. The quantitative estimate of drug-likeness (QED) is 0.860. The molecule has 8 heteroatoms. The van der Waals surface area contributed by atoms with Crippen LogP contribution in [0.1, 0.15) is 25.0 Å². The third-order valence-electron chi connectivity index (χ3n) is 2.87. The third kappa shape index (κ3) is 6.01. The zero-order valence-corrected chi connectivity index (χ0v) is 14.2. The summed E-state index contributed by atoms with van der Waals surface area (Å²) in [6.07, 6.45) is 3.19. The van der Waals surface area contributed by atoms with Crippen molar-refractivity contribution in [1.29, 1.82) is 0 Å². The fourth-order valence-corrected chi connectivity index (χ4v) is 1.67. The molecule has 0 bridgehead atoms. The summed E-state index contributed by atoms with van der Waals surface area (Å²) in [5.41, 5.74) is 7.02. The van der Waals surface area contributed by atoms with Crippen molar-refractivity contribution >= 4 is 30.7 Å². The van der Waals surface area contributed by atoms with E-state index in [0.29, 0.717) is 13.1 Å². The van der Waals surface area contributed by atoms with Crippen LogP contribution in [-0.4, -0.2) is 26.2 Å². The average Bonchev–Trinajstić information content (AvgIpc) is 2.89. The summed E-state index contributed by atoms with van der Waals surface area (Å²) in [6, 6.07) is 7.99. The number of nitrogens with zero attached hydrogens (tertiary/aromatic N) is 3. The highest BCUT2D eigenvalue weighted by atomic mass is 35.5. The van der Waals surface area contributed by atoms with Crippen molar-refractivity contribution in [3.05, 3.63) is 48.0 Å². The fourth-order valence-electron chi connectivity index (χ4n) is 1.67. The molecule has 0 spiro atoms. The van der Waals surface area contributed by atoms with Gasteiger partial charge < -0.3 is 11.1 Å². The lowest BCUT2D eigenvalue weighted by molar-refractivity contribution is -0.125. The molecule has 0 fully saturated rings. The van der Waals surface area contributed by atoms with Crippen LogP contribution >= 0.6 is 24.8 Å². The summed E-state index contributed by atoms with van der Waals surface area (Å²) in [4.78, 5) is 15.6. The number of hydrogen-bond donors (Lipinski definition) is 2. The first-order valence-electron chi connectivity index (χ1n) is 6.42. The van der Waals surface area contributed by atoms with E-state index in [-0.39, 0.29) is 30.7 Å². The van der Waals surface area contributed by atoms with Crippen molar-refractivity contribution in [1.82, 2.24) is 20.1 Å². The van der Waals surface area contributed by atoms with Gasteiger partial charge in [0.1, 0.15) is 12.7 Å². The molecule has 0 aliphatic rings. The lowest BCUT2D eigenvalue weighted by Gasteiger charge is -2.17. The summed E-state index contributed by atoms with van der Waals surface area (Å²) >= 11 is 0. The van der Waals surface area contributed by atoms with Gasteiger partial charge >= 0.3 is 0 Å². The van der Waals surface area contributed by atoms with Crippen LogP contribution < -0.4 is 11.1 Å². The Balaban J connectivity index is 0.00000220. The van der Waals surface area contributed by atoms with E-state index < -0.39 is 5.54 Å². The zero-order chi connectivity index (χ0) is 14.6. The normalized spacial score (nSPS) is 10.3. The molecule has 0 aliphatic carbocycles. The smallest absolute Gasteiger partial charge is 0.239 e. The number of rotatable bonds is 5. The second-order valence-corrected chi connectivity index (χ2v) is 5.31. The molecule has 0 atom stereocenters. The summed E-state index contributed by atoms with van der Waals surface area (Å²) in [7, 11) is 0. The van der Waals surface area contributed by atoms with Crippen molar-refractivity contribution in [2.24, 2.45) is 5.73 Å². The topological polar surface area (TPSA) is 85.8 Å². The molecule has 0 saturated heterocycles. The Morgan fingerprint density at radius 2 is 1.82 bits per heavy atom. The lowest BCUT2D eigenvalue weighted by atomic mass is 10.1. The van der Waals surface area contributed by atoms with Gasteiger partial charge in [0.05, 0.1) is 12.1 Å². The van der Waals surface area contributed by atoms with Crippen LogP contribution in [0.4, 0.5) is 0 Å². The number of amides is 1. The van der Waals surface area contributed by atoms with Gasteiger partial charge in [0.2, 0.25) is 5.91 Å². The molecule has 2 aromatic rings. The lowest BCUT2D eigenvalue weighted by Crippen LogP contribution is -2.48. The maximum absolute atomic E-state index is 11.7. The van der Waals surface area contributed by atoms with Crippen molar-refractivity contribution < 1.29 is 4.79 Å². The van der Waals surface area contributed by atoms with Gasteiger partial charge in [-0.2, -0.15) is 5.10 Å². The van der Waals surface area contributed by atoms with Crippen molar-refractivity contribution in [2.45, 2.75) is 32.5 Å². The summed E-state index contributed by atoms with van der Waals surface area (Å²) in [5, 5.41) is 6.87. The number of halogens is 2. The SMILES string of the molecule is CC(C)(N)C(=O)NCc1ccc(Cn2cncn2)cc1.Cl.Cl. The Morgan fingerprint density at radius 3 is 2.32 bits per heavy atom. The molecule has 3 N–H and O–H groups in total. The van der Waals surface area contributed by atoms with Crippen molar-refractivity contribution in [2.75, 3.05) is 0 Å². The van der Waals surface area contributed by atoms with Gasteiger partial charge in [0.15, 0.2) is 0 Å². The van der Waals surface area contributed by atoms with Crippen LogP contribution in [0.5, 0.6) is 0 Å². The molecule has 0 saturated carbocycles. The Hall–Kier alpha value is -1.63. The van der Waals surface area contributed by atoms with Crippen molar-refractivity contribution in [3.63, 3.8) is 0 Å². The van der Waals surface area contributed by atoms with Gasteiger partial charge in [-0.3, -0.25) is 4.79 Å². The minimum atomic E-state index is -0.854. The van der Waals surface area contributed by atoms with Crippen molar-refractivity contribution in [3.8, 4) is 0 Å². The first-order chi connectivity index (χ1) is 9.45. The molecule has 0 aliphatic heterocycles. The van der Waals surface area contributed by atoms with E-state index in [4.69, 9.17) is 5.73 Å². The molecular weight excluding hydrogens is 325 g/mol. The number of carbonyl (C=O) groups is 1. The molecule has 122 valence electrons. The van der Waals surface area contributed by atoms with Crippen LogP contribution in [0, 0.1) is 0 Å². The molecule has 1 aromatic carbocycles.